The summed E-state index contributed by atoms with van der Waals surface area (Å²) >= 11 is 0. The zero-order chi connectivity index (χ0) is 21.6. The predicted octanol–water partition coefficient (Wildman–Crippen LogP) is 5.67. The topological polar surface area (TPSA) is 33.2 Å². The molecular weight excluding hydrogens is 401 g/mol. The van der Waals surface area contributed by atoms with Crippen molar-refractivity contribution in [3.63, 3.8) is 0 Å². The molecule has 0 radical (unpaired) electrons. The van der Waals surface area contributed by atoms with Crippen LogP contribution in [0.1, 0.15) is 35.4 Å². The molecule has 0 N–H and O–H groups in total. The number of benzene rings is 2. The van der Waals surface area contributed by atoms with Gasteiger partial charge in [0.2, 0.25) is 5.91 Å². The largest absolute Gasteiger partial charge is 0.416 e. The first-order valence-corrected chi connectivity index (χ1v) is 10.4. The average Bonchev–Trinajstić information content (AvgIpc) is 3.59. The number of pyridine rings is 1. The van der Waals surface area contributed by atoms with Gasteiger partial charge in [0.05, 0.1) is 5.56 Å². The van der Waals surface area contributed by atoms with Crippen LogP contribution in [0.2, 0.25) is 0 Å². The number of halogens is 3. The molecular formula is C25H21F3N2O. The van der Waals surface area contributed by atoms with E-state index in [9.17, 15) is 18.0 Å². The molecule has 0 spiro atoms. The molecule has 1 aliphatic heterocycles. The maximum absolute atomic E-state index is 13.0. The molecule has 1 fully saturated rings. The first-order chi connectivity index (χ1) is 14.9. The number of hydrogen-bond acceptors (Lipinski definition) is 2. The van der Waals surface area contributed by atoms with Crippen molar-refractivity contribution in [3.8, 4) is 0 Å². The van der Waals surface area contributed by atoms with Crippen LogP contribution in [0.15, 0.2) is 67.0 Å². The number of fused-ring (bicyclic) bond motifs is 1. The number of nitrogens with zero attached hydrogens (tertiary/aromatic N) is 2. The van der Waals surface area contributed by atoms with Gasteiger partial charge in [-0.05, 0) is 41.3 Å². The molecule has 1 aromatic heterocycles. The summed E-state index contributed by atoms with van der Waals surface area (Å²) in [6.07, 6.45) is 2.78. The fraction of sp³-hybridized carbons (Fsp3) is 0.280. The van der Waals surface area contributed by atoms with E-state index in [1.807, 2.05) is 35.5 Å². The normalized spacial score (nSPS) is 21.1. The molecule has 0 bridgehead atoms. The van der Waals surface area contributed by atoms with E-state index in [0.717, 1.165) is 28.8 Å². The van der Waals surface area contributed by atoms with Crippen LogP contribution in [0.25, 0.3) is 16.3 Å². The number of amides is 1. The molecule has 5 rings (SSSR count). The molecule has 2 aliphatic rings. The molecule has 31 heavy (non-hydrogen) atoms. The Kier molecular flexibility index (Phi) is 4.80. The van der Waals surface area contributed by atoms with E-state index < -0.39 is 11.7 Å². The first-order valence-electron chi connectivity index (χ1n) is 10.4. The molecule has 1 saturated carbocycles. The summed E-state index contributed by atoms with van der Waals surface area (Å²) in [5, 5.41) is 2.23. The Morgan fingerprint density at radius 1 is 1.06 bits per heavy atom. The van der Waals surface area contributed by atoms with Crippen LogP contribution in [0.3, 0.4) is 0 Å². The van der Waals surface area contributed by atoms with Crippen molar-refractivity contribution in [2.75, 3.05) is 13.1 Å². The molecule has 1 aliphatic carbocycles. The van der Waals surface area contributed by atoms with Crippen molar-refractivity contribution in [3.05, 3.63) is 83.7 Å². The van der Waals surface area contributed by atoms with Gasteiger partial charge in [-0.2, -0.15) is 13.2 Å². The summed E-state index contributed by atoms with van der Waals surface area (Å²) in [6, 6.07) is 13.5. The van der Waals surface area contributed by atoms with Gasteiger partial charge in [0.15, 0.2) is 0 Å². The van der Waals surface area contributed by atoms with Crippen LogP contribution in [0.4, 0.5) is 13.2 Å². The Morgan fingerprint density at radius 3 is 2.68 bits per heavy atom. The quantitative estimate of drug-likeness (QED) is 0.545. The average molecular weight is 422 g/mol. The zero-order valence-electron chi connectivity index (χ0n) is 16.8. The van der Waals surface area contributed by atoms with Gasteiger partial charge >= 0.3 is 6.18 Å². The van der Waals surface area contributed by atoms with E-state index >= 15 is 0 Å². The zero-order valence-corrected chi connectivity index (χ0v) is 16.8. The minimum Gasteiger partial charge on any atom is -0.338 e. The maximum atomic E-state index is 13.0. The smallest absolute Gasteiger partial charge is 0.338 e. The molecule has 6 heteroatoms. The van der Waals surface area contributed by atoms with Crippen molar-refractivity contribution in [1.82, 2.24) is 9.88 Å². The van der Waals surface area contributed by atoms with Crippen molar-refractivity contribution in [1.29, 1.82) is 0 Å². The number of hydrogen-bond donors (Lipinski definition) is 0. The van der Waals surface area contributed by atoms with Crippen LogP contribution in [0, 0.1) is 5.92 Å². The summed E-state index contributed by atoms with van der Waals surface area (Å²) in [5.41, 5.74) is 2.22. The van der Waals surface area contributed by atoms with E-state index in [4.69, 9.17) is 0 Å². The van der Waals surface area contributed by atoms with Crippen molar-refractivity contribution in [2.24, 2.45) is 5.92 Å². The maximum Gasteiger partial charge on any atom is 0.416 e. The third-order valence-electron chi connectivity index (χ3n) is 6.28. The van der Waals surface area contributed by atoms with Gasteiger partial charge in [0.1, 0.15) is 0 Å². The van der Waals surface area contributed by atoms with Crippen molar-refractivity contribution < 1.29 is 18.0 Å². The number of rotatable bonds is 3. The van der Waals surface area contributed by atoms with E-state index in [0.29, 0.717) is 25.1 Å². The lowest BCUT2D eigenvalue weighted by molar-refractivity contribution is -0.137. The summed E-state index contributed by atoms with van der Waals surface area (Å²) in [6.45, 7) is 1.13. The van der Waals surface area contributed by atoms with Crippen LogP contribution in [0.5, 0.6) is 0 Å². The van der Waals surface area contributed by atoms with Gasteiger partial charge in [-0.3, -0.25) is 9.78 Å². The Hall–Kier alpha value is -3.15. The van der Waals surface area contributed by atoms with Gasteiger partial charge in [-0.1, -0.05) is 48.5 Å². The van der Waals surface area contributed by atoms with E-state index in [-0.39, 0.29) is 17.7 Å². The van der Waals surface area contributed by atoms with Gasteiger partial charge < -0.3 is 4.90 Å². The van der Waals surface area contributed by atoms with Gasteiger partial charge in [-0.15, -0.1) is 0 Å². The molecule has 0 saturated heterocycles. The molecule has 1 amide bonds. The summed E-state index contributed by atoms with van der Waals surface area (Å²) in [5.74, 6) is -0.311. The van der Waals surface area contributed by atoms with Crippen LogP contribution < -0.4 is 0 Å². The number of carbonyl (C=O) groups is 1. The number of aromatic nitrogens is 1. The lowest BCUT2D eigenvalue weighted by atomic mass is 9.96. The number of alkyl halides is 3. The van der Waals surface area contributed by atoms with Crippen LogP contribution in [-0.4, -0.2) is 28.9 Å². The first kappa shape index (κ1) is 19.8. The highest BCUT2D eigenvalue weighted by Crippen LogP contribution is 2.49. The lowest BCUT2D eigenvalue weighted by Crippen LogP contribution is -2.36. The molecule has 2 aromatic carbocycles. The summed E-state index contributed by atoms with van der Waals surface area (Å²) in [7, 11) is 0. The van der Waals surface area contributed by atoms with Crippen LogP contribution >= 0.6 is 0 Å². The van der Waals surface area contributed by atoms with E-state index in [1.165, 1.54) is 17.7 Å². The lowest BCUT2D eigenvalue weighted by Gasteiger charge is -2.27. The minimum absolute atomic E-state index is 0.0359. The monoisotopic (exact) mass is 422 g/mol. The SMILES string of the molecule is O=C([C@H]1C[C@@H]1c1cccc(C(F)(F)F)c1)N1CC=C(c2cncc3ccccc23)CC1. The van der Waals surface area contributed by atoms with Crippen LogP contribution in [-0.2, 0) is 11.0 Å². The third kappa shape index (κ3) is 3.82. The summed E-state index contributed by atoms with van der Waals surface area (Å²) < 4.78 is 39.0. The van der Waals surface area contributed by atoms with Gasteiger partial charge in [0, 0.05) is 42.4 Å². The highest BCUT2D eigenvalue weighted by atomic mass is 19.4. The standard InChI is InChI=1S/C25H21F3N2O/c26-25(27,28)19-6-3-5-17(12-19)21-13-22(21)24(31)30-10-8-16(9-11-30)23-15-29-14-18-4-1-2-7-20(18)23/h1-8,12,14-15,21-22H,9-11,13H2/t21-,22+/m1/s1. The fourth-order valence-electron chi connectivity index (χ4n) is 4.50. The van der Waals surface area contributed by atoms with Gasteiger partial charge in [-0.25, -0.2) is 0 Å². The van der Waals surface area contributed by atoms with Crippen molar-refractivity contribution >= 4 is 22.3 Å². The molecule has 0 unspecified atom stereocenters. The fourth-order valence-corrected chi connectivity index (χ4v) is 4.50. The molecule has 2 heterocycles. The molecule has 2 atom stereocenters. The molecule has 158 valence electrons. The second-order valence-corrected chi connectivity index (χ2v) is 8.24. The Labute approximate surface area is 178 Å². The Morgan fingerprint density at radius 2 is 1.90 bits per heavy atom. The second-order valence-electron chi connectivity index (χ2n) is 8.24. The molecule has 3 aromatic rings. The van der Waals surface area contributed by atoms with E-state index in [1.54, 1.807) is 6.07 Å². The van der Waals surface area contributed by atoms with Crippen molar-refractivity contribution in [2.45, 2.75) is 24.9 Å². The number of carbonyl (C=O) groups excluding carboxylic acids is 1. The van der Waals surface area contributed by atoms with Gasteiger partial charge in [0.25, 0.3) is 0 Å². The third-order valence-corrected chi connectivity index (χ3v) is 6.28. The Balaban J connectivity index is 1.28. The highest BCUT2D eigenvalue weighted by Gasteiger charge is 2.46. The minimum atomic E-state index is -4.37. The second kappa shape index (κ2) is 7.52. The molecule has 3 nitrogen and oxygen atoms in total. The Bertz CT molecular complexity index is 1180. The predicted molar refractivity (Wildman–Crippen MR) is 113 cm³/mol. The van der Waals surface area contributed by atoms with E-state index in [2.05, 4.69) is 17.1 Å². The highest BCUT2D eigenvalue weighted by molar-refractivity contribution is 5.93. The summed E-state index contributed by atoms with van der Waals surface area (Å²) in [4.78, 5) is 19.1.